The maximum absolute atomic E-state index is 9.78. The normalized spacial score (nSPS) is 10.3. The number of halogens is 2. The number of phenolic OH excluding ortho intramolecular Hbond substituents is 1. The van der Waals surface area contributed by atoms with Gasteiger partial charge in [0.05, 0.1) is 23.7 Å². The molecule has 0 spiro atoms. The number of hydrogen-bond donors (Lipinski definition) is 2. The average molecular weight is 373 g/mol. The fourth-order valence-corrected chi connectivity index (χ4v) is 2.54. The van der Waals surface area contributed by atoms with Crippen LogP contribution in [0.5, 0.6) is 17.2 Å². The summed E-state index contributed by atoms with van der Waals surface area (Å²) in [5.74, 6) is 1.13. The first-order valence-electron chi connectivity index (χ1n) is 6.18. The van der Waals surface area contributed by atoms with Gasteiger partial charge in [-0.25, -0.2) is 0 Å². The predicted molar refractivity (Wildman–Crippen MR) is 87.7 cm³/mol. The van der Waals surface area contributed by atoms with Crippen LogP contribution in [-0.2, 0) is 6.54 Å². The Hall–Kier alpha value is -1.59. The van der Waals surface area contributed by atoms with Gasteiger partial charge in [-0.2, -0.15) is 0 Å². The first kappa shape index (κ1) is 15.8. The summed E-state index contributed by atoms with van der Waals surface area (Å²) < 4.78 is 10.9. The van der Waals surface area contributed by atoms with Crippen molar-refractivity contribution >= 4 is 33.2 Å². The van der Waals surface area contributed by atoms with E-state index in [2.05, 4.69) is 21.2 Å². The van der Waals surface area contributed by atoms with Crippen molar-refractivity contribution in [1.82, 2.24) is 0 Å². The second-order valence-electron chi connectivity index (χ2n) is 4.33. The van der Waals surface area contributed by atoms with Crippen LogP contribution in [0.25, 0.3) is 0 Å². The molecule has 0 aromatic heterocycles. The highest BCUT2D eigenvalue weighted by Crippen LogP contribution is 2.35. The first-order valence-corrected chi connectivity index (χ1v) is 7.35. The Balaban J connectivity index is 2.15. The fourth-order valence-electron chi connectivity index (χ4n) is 1.86. The molecule has 6 heteroatoms. The van der Waals surface area contributed by atoms with Gasteiger partial charge in [-0.3, -0.25) is 0 Å². The van der Waals surface area contributed by atoms with E-state index in [1.807, 2.05) is 18.2 Å². The fraction of sp³-hybridized carbons (Fsp3) is 0.200. The highest BCUT2D eigenvalue weighted by Gasteiger charge is 2.09. The van der Waals surface area contributed by atoms with E-state index in [0.717, 1.165) is 11.3 Å². The van der Waals surface area contributed by atoms with E-state index in [1.165, 1.54) is 7.11 Å². The maximum Gasteiger partial charge on any atom is 0.172 e. The smallest absolute Gasteiger partial charge is 0.172 e. The molecule has 0 fully saturated rings. The molecular formula is C15H15BrClNO3. The number of hydrogen-bond acceptors (Lipinski definition) is 4. The molecule has 4 nitrogen and oxygen atoms in total. The number of nitrogens with one attached hydrogen (secondary N) is 1. The molecule has 0 aliphatic carbocycles. The predicted octanol–water partition coefficient (Wildman–Crippen LogP) is 4.44. The molecule has 0 amide bonds. The minimum absolute atomic E-state index is 0.0920. The summed E-state index contributed by atoms with van der Waals surface area (Å²) in [4.78, 5) is 0. The summed E-state index contributed by atoms with van der Waals surface area (Å²) in [5.41, 5.74) is 1.85. The maximum atomic E-state index is 9.78. The molecule has 2 aromatic carbocycles. The van der Waals surface area contributed by atoms with Crippen LogP contribution in [0.4, 0.5) is 5.69 Å². The van der Waals surface area contributed by atoms with E-state index in [4.69, 9.17) is 21.1 Å². The van der Waals surface area contributed by atoms with Crippen LogP contribution in [0.15, 0.2) is 34.8 Å². The zero-order valence-electron chi connectivity index (χ0n) is 11.6. The van der Waals surface area contributed by atoms with Crippen LogP contribution in [0.1, 0.15) is 5.56 Å². The molecule has 0 radical (unpaired) electrons. The molecule has 0 aliphatic rings. The lowest BCUT2D eigenvalue weighted by atomic mass is 10.2. The van der Waals surface area contributed by atoms with Gasteiger partial charge in [-0.05, 0) is 45.8 Å². The third kappa shape index (κ3) is 3.74. The molecule has 2 aromatic rings. The third-order valence-electron chi connectivity index (χ3n) is 2.96. The Morgan fingerprint density at radius 1 is 1.14 bits per heavy atom. The van der Waals surface area contributed by atoms with Crippen molar-refractivity contribution in [2.45, 2.75) is 6.54 Å². The summed E-state index contributed by atoms with van der Waals surface area (Å²) in [6.07, 6.45) is 0. The molecule has 0 unspecified atom stereocenters. The van der Waals surface area contributed by atoms with Gasteiger partial charge in [0.1, 0.15) is 5.75 Å². The molecule has 0 saturated heterocycles. The lowest BCUT2D eigenvalue weighted by Gasteiger charge is -2.12. The van der Waals surface area contributed by atoms with Crippen molar-refractivity contribution in [3.63, 3.8) is 0 Å². The van der Waals surface area contributed by atoms with E-state index in [1.54, 1.807) is 19.2 Å². The number of benzene rings is 2. The molecule has 2 N–H and O–H groups in total. The van der Waals surface area contributed by atoms with Gasteiger partial charge in [0.15, 0.2) is 11.5 Å². The van der Waals surface area contributed by atoms with E-state index in [-0.39, 0.29) is 5.75 Å². The minimum atomic E-state index is 0.0920. The number of methoxy groups -OCH3 is 2. The zero-order valence-corrected chi connectivity index (χ0v) is 14.0. The van der Waals surface area contributed by atoms with Gasteiger partial charge >= 0.3 is 0 Å². The molecule has 112 valence electrons. The van der Waals surface area contributed by atoms with Crippen molar-refractivity contribution in [2.24, 2.45) is 0 Å². The number of rotatable bonds is 5. The summed E-state index contributed by atoms with van der Waals surface area (Å²) in [7, 11) is 3.09. The van der Waals surface area contributed by atoms with Crippen LogP contribution >= 0.6 is 27.5 Å². The van der Waals surface area contributed by atoms with Crippen molar-refractivity contribution in [3.8, 4) is 17.2 Å². The molecular weight excluding hydrogens is 358 g/mol. The van der Waals surface area contributed by atoms with Crippen LogP contribution in [0.2, 0.25) is 5.02 Å². The van der Waals surface area contributed by atoms with Gasteiger partial charge in [0.25, 0.3) is 0 Å². The molecule has 0 heterocycles. The lowest BCUT2D eigenvalue weighted by molar-refractivity contribution is 0.371. The number of anilines is 1. The van der Waals surface area contributed by atoms with Crippen molar-refractivity contribution in [3.05, 3.63) is 45.4 Å². The second kappa shape index (κ2) is 6.91. The van der Waals surface area contributed by atoms with Gasteiger partial charge in [0.2, 0.25) is 0 Å². The van der Waals surface area contributed by atoms with Gasteiger partial charge in [-0.1, -0.05) is 11.6 Å². The SMILES string of the molecule is COc1cc(NCc2cc(Br)c(O)c(OC)c2)ccc1Cl. The quantitative estimate of drug-likeness (QED) is 0.815. The standard InChI is InChI=1S/C15H15BrClNO3/c1-20-13-7-10(3-4-12(13)17)18-8-9-5-11(16)15(19)14(6-9)21-2/h3-7,18-19H,8H2,1-2H3. The van der Waals surface area contributed by atoms with E-state index >= 15 is 0 Å². The number of ether oxygens (including phenoxy) is 2. The zero-order chi connectivity index (χ0) is 15.4. The van der Waals surface area contributed by atoms with Crippen LogP contribution < -0.4 is 14.8 Å². The second-order valence-corrected chi connectivity index (χ2v) is 5.59. The monoisotopic (exact) mass is 371 g/mol. The first-order chi connectivity index (χ1) is 10.0. The van der Waals surface area contributed by atoms with E-state index in [0.29, 0.717) is 27.5 Å². The minimum Gasteiger partial charge on any atom is -0.503 e. The van der Waals surface area contributed by atoms with Crippen molar-refractivity contribution in [1.29, 1.82) is 0 Å². The number of aromatic hydroxyl groups is 1. The average Bonchev–Trinajstić information content (AvgIpc) is 2.49. The molecule has 0 bridgehead atoms. The molecule has 0 atom stereocenters. The van der Waals surface area contributed by atoms with Gasteiger partial charge in [0, 0.05) is 18.3 Å². The third-order valence-corrected chi connectivity index (χ3v) is 3.87. The summed E-state index contributed by atoms with van der Waals surface area (Å²) in [5, 5.41) is 13.6. The molecule has 0 aliphatic heterocycles. The van der Waals surface area contributed by atoms with Crippen LogP contribution in [0.3, 0.4) is 0 Å². The Bertz CT molecular complexity index is 649. The molecule has 21 heavy (non-hydrogen) atoms. The summed E-state index contributed by atoms with van der Waals surface area (Å²) in [6, 6.07) is 9.08. The summed E-state index contributed by atoms with van der Waals surface area (Å²) >= 11 is 9.29. The topological polar surface area (TPSA) is 50.7 Å². The Morgan fingerprint density at radius 2 is 1.86 bits per heavy atom. The van der Waals surface area contributed by atoms with E-state index in [9.17, 15) is 5.11 Å². The van der Waals surface area contributed by atoms with Crippen LogP contribution in [0, 0.1) is 0 Å². The summed E-state index contributed by atoms with van der Waals surface area (Å²) in [6.45, 7) is 0.569. The Labute approximate surface area is 136 Å². The highest BCUT2D eigenvalue weighted by molar-refractivity contribution is 9.10. The van der Waals surface area contributed by atoms with Crippen molar-refractivity contribution in [2.75, 3.05) is 19.5 Å². The highest BCUT2D eigenvalue weighted by atomic mass is 79.9. The molecule has 2 rings (SSSR count). The Kier molecular flexibility index (Phi) is 5.20. The van der Waals surface area contributed by atoms with Crippen molar-refractivity contribution < 1.29 is 14.6 Å². The largest absolute Gasteiger partial charge is 0.503 e. The van der Waals surface area contributed by atoms with E-state index < -0.39 is 0 Å². The van der Waals surface area contributed by atoms with Gasteiger partial charge in [-0.15, -0.1) is 0 Å². The molecule has 0 saturated carbocycles. The number of phenols is 1. The lowest BCUT2D eigenvalue weighted by Crippen LogP contribution is -2.00. The van der Waals surface area contributed by atoms with Gasteiger partial charge < -0.3 is 19.9 Å². The Morgan fingerprint density at radius 3 is 2.52 bits per heavy atom. The van der Waals surface area contributed by atoms with Crippen LogP contribution in [-0.4, -0.2) is 19.3 Å².